The Morgan fingerprint density at radius 3 is 2.30 bits per heavy atom. The zero-order chi connectivity index (χ0) is 17.3. The second kappa shape index (κ2) is 4.70. The predicted octanol–water partition coefficient (Wildman–Crippen LogP) is 3.15. The van der Waals surface area contributed by atoms with Crippen LogP contribution in [0.1, 0.15) is 54.9 Å². The van der Waals surface area contributed by atoms with E-state index in [0.29, 0.717) is 5.70 Å². The highest BCUT2D eigenvalue weighted by Crippen LogP contribution is 2.65. The highest BCUT2D eigenvalue weighted by atomic mass is 16.7. The Bertz CT molecular complexity index is 586. The van der Waals surface area contributed by atoms with Crippen molar-refractivity contribution < 1.29 is 18.8 Å². The number of aliphatic imine (C=N–C) groups is 1. The number of ether oxygens (including phenoxy) is 1. The molecule has 0 aromatic heterocycles. The van der Waals surface area contributed by atoms with E-state index >= 15 is 0 Å². The number of hydrogen-bond donors (Lipinski definition) is 0. The zero-order valence-electron chi connectivity index (χ0n) is 15.1. The lowest BCUT2D eigenvalue weighted by Gasteiger charge is -2.32. The average molecular weight is 319 g/mol. The molecule has 0 bridgehead atoms. The van der Waals surface area contributed by atoms with Gasteiger partial charge in [0.15, 0.2) is 0 Å². The van der Waals surface area contributed by atoms with Gasteiger partial charge in [-0.3, -0.25) is 4.99 Å². The number of hydrogen-bond acceptors (Lipinski definition) is 5. The van der Waals surface area contributed by atoms with E-state index < -0.39 is 5.60 Å². The Labute approximate surface area is 138 Å². The summed E-state index contributed by atoms with van der Waals surface area (Å²) in [5.41, 5.74) is -0.850. The molecular weight excluding hydrogens is 293 g/mol. The Hall–Kier alpha value is -1.14. The normalized spacial score (nSPS) is 34.0. The molecule has 2 aliphatic heterocycles. The zero-order valence-corrected chi connectivity index (χ0v) is 15.1. The number of allylic oxidation sites excluding steroid dienone is 1. The first-order chi connectivity index (χ1) is 10.4. The first kappa shape index (κ1) is 16.7. The summed E-state index contributed by atoms with van der Waals surface area (Å²) in [4.78, 5) is 16.5. The molecule has 2 heterocycles. The summed E-state index contributed by atoms with van der Waals surface area (Å²) in [6.07, 6.45) is 4.62. The monoisotopic (exact) mass is 319 g/mol. The first-order valence-corrected chi connectivity index (χ1v) is 8.22. The number of carbonyl (C=O) groups excluding carboxylic acids is 1. The van der Waals surface area contributed by atoms with Crippen molar-refractivity contribution in [2.45, 2.75) is 77.0 Å². The maximum absolute atomic E-state index is 12.1. The SMILES string of the molecule is CC(C)(C)OC(=O)C1=CC2CC2(B2OC(C)(C)C(C)(C)O2)C=N1. The van der Waals surface area contributed by atoms with Gasteiger partial charge in [0.05, 0.1) is 11.2 Å². The molecule has 2 atom stereocenters. The molecule has 23 heavy (non-hydrogen) atoms. The van der Waals surface area contributed by atoms with Crippen LogP contribution in [0.25, 0.3) is 0 Å². The van der Waals surface area contributed by atoms with Crippen LogP contribution in [0.3, 0.4) is 0 Å². The number of carbonyl (C=O) groups is 1. The molecule has 1 aliphatic carbocycles. The van der Waals surface area contributed by atoms with Crippen LogP contribution in [0.5, 0.6) is 0 Å². The maximum atomic E-state index is 12.1. The van der Waals surface area contributed by atoms with Gasteiger partial charge in [0.1, 0.15) is 11.3 Å². The van der Waals surface area contributed by atoms with Crippen molar-refractivity contribution in [3.63, 3.8) is 0 Å². The second-order valence-corrected chi connectivity index (χ2v) is 8.82. The summed E-state index contributed by atoms with van der Waals surface area (Å²) in [5, 5.41) is -0.240. The summed E-state index contributed by atoms with van der Waals surface area (Å²) in [5.74, 6) is -0.152. The fraction of sp³-hybridized carbons (Fsp3) is 0.765. The summed E-state index contributed by atoms with van der Waals surface area (Å²) in [7, 11) is -0.322. The third kappa shape index (κ3) is 2.76. The van der Waals surface area contributed by atoms with E-state index in [1.165, 1.54) is 0 Å². The van der Waals surface area contributed by atoms with E-state index in [4.69, 9.17) is 14.0 Å². The Balaban J connectivity index is 1.72. The van der Waals surface area contributed by atoms with Crippen molar-refractivity contribution in [3.8, 4) is 0 Å². The first-order valence-electron chi connectivity index (χ1n) is 8.22. The number of rotatable bonds is 2. The number of nitrogens with zero attached hydrogens (tertiary/aromatic N) is 1. The molecule has 0 N–H and O–H groups in total. The minimum atomic E-state index is -0.517. The third-order valence-electron chi connectivity index (χ3n) is 5.21. The largest absolute Gasteiger partial charge is 0.470 e. The molecule has 0 aromatic carbocycles. The van der Waals surface area contributed by atoms with Crippen LogP contribution in [0.2, 0.25) is 5.31 Å². The Morgan fingerprint density at radius 1 is 1.26 bits per heavy atom. The van der Waals surface area contributed by atoms with Gasteiger partial charge >= 0.3 is 13.1 Å². The van der Waals surface area contributed by atoms with Crippen LogP contribution < -0.4 is 0 Å². The van der Waals surface area contributed by atoms with Crippen LogP contribution in [0.15, 0.2) is 16.8 Å². The van der Waals surface area contributed by atoms with Crippen molar-refractivity contribution in [1.29, 1.82) is 0 Å². The summed E-state index contributed by atoms with van der Waals surface area (Å²) < 4.78 is 17.7. The smallest absolute Gasteiger partial charge is 0.455 e. The minimum absolute atomic E-state index is 0.220. The Kier molecular flexibility index (Phi) is 3.41. The predicted molar refractivity (Wildman–Crippen MR) is 89.3 cm³/mol. The van der Waals surface area contributed by atoms with Crippen molar-refractivity contribution in [3.05, 3.63) is 11.8 Å². The summed E-state index contributed by atoms with van der Waals surface area (Å²) >= 11 is 0. The minimum Gasteiger partial charge on any atom is -0.455 e. The van der Waals surface area contributed by atoms with Gasteiger partial charge in [-0.1, -0.05) is 0 Å². The molecule has 6 heteroatoms. The lowest BCUT2D eigenvalue weighted by atomic mass is 9.66. The van der Waals surface area contributed by atoms with E-state index in [1.54, 1.807) is 0 Å². The molecule has 2 unspecified atom stereocenters. The van der Waals surface area contributed by atoms with E-state index in [0.717, 1.165) is 6.42 Å². The lowest BCUT2D eigenvalue weighted by Crippen LogP contribution is -2.41. The summed E-state index contributed by atoms with van der Waals surface area (Å²) in [6.45, 7) is 13.7. The molecule has 3 aliphatic rings. The van der Waals surface area contributed by atoms with Crippen molar-refractivity contribution in [1.82, 2.24) is 0 Å². The quantitative estimate of drug-likeness (QED) is 0.579. The highest BCUT2D eigenvalue weighted by Gasteiger charge is 2.69. The topological polar surface area (TPSA) is 57.1 Å². The van der Waals surface area contributed by atoms with Gasteiger partial charge in [0.25, 0.3) is 0 Å². The van der Waals surface area contributed by atoms with Gasteiger partial charge in [-0.05, 0) is 66.9 Å². The molecule has 1 saturated heterocycles. The van der Waals surface area contributed by atoms with Gasteiger partial charge in [-0.25, -0.2) is 4.79 Å². The number of esters is 1. The van der Waals surface area contributed by atoms with E-state index in [9.17, 15) is 4.79 Å². The summed E-state index contributed by atoms with van der Waals surface area (Å²) in [6, 6.07) is 0. The van der Waals surface area contributed by atoms with Gasteiger partial charge in [-0.15, -0.1) is 0 Å². The third-order valence-corrected chi connectivity index (χ3v) is 5.21. The molecule has 2 fully saturated rings. The van der Waals surface area contributed by atoms with Gasteiger partial charge in [0, 0.05) is 11.5 Å². The molecule has 126 valence electrons. The van der Waals surface area contributed by atoms with Gasteiger partial charge in [0.2, 0.25) is 0 Å². The van der Waals surface area contributed by atoms with Crippen LogP contribution >= 0.6 is 0 Å². The van der Waals surface area contributed by atoms with Crippen LogP contribution in [-0.2, 0) is 18.8 Å². The standard InChI is InChI=1S/C17H26BNO4/c1-14(2,3)21-13(20)12-8-11-9-17(11,10-19-12)18-22-15(4,5)16(6,7)23-18/h8,10-11H,9H2,1-7H3. The van der Waals surface area contributed by atoms with Crippen LogP contribution in [0.4, 0.5) is 0 Å². The van der Waals surface area contributed by atoms with Gasteiger partial charge in [-0.2, -0.15) is 0 Å². The second-order valence-electron chi connectivity index (χ2n) is 8.82. The average Bonchev–Trinajstić information content (AvgIpc) is 3.04. The fourth-order valence-corrected chi connectivity index (χ4v) is 2.95. The molecule has 0 amide bonds. The van der Waals surface area contributed by atoms with Crippen LogP contribution in [-0.4, -0.2) is 36.1 Å². The molecule has 1 saturated carbocycles. The number of fused-ring (bicyclic) bond motifs is 1. The van der Waals surface area contributed by atoms with Gasteiger partial charge < -0.3 is 14.0 Å². The molecule has 0 radical (unpaired) electrons. The molecule has 0 aromatic rings. The molecular formula is C17H26BNO4. The maximum Gasteiger partial charge on any atom is 0.470 e. The molecule has 5 nitrogen and oxygen atoms in total. The fourth-order valence-electron chi connectivity index (χ4n) is 2.95. The van der Waals surface area contributed by atoms with Crippen molar-refractivity contribution in [2.24, 2.45) is 10.9 Å². The van der Waals surface area contributed by atoms with Crippen LogP contribution in [0, 0.1) is 5.92 Å². The Morgan fingerprint density at radius 2 is 1.83 bits per heavy atom. The van der Waals surface area contributed by atoms with E-state index in [2.05, 4.69) is 4.99 Å². The lowest BCUT2D eigenvalue weighted by molar-refractivity contribution is -0.149. The van der Waals surface area contributed by atoms with E-state index in [1.807, 2.05) is 60.8 Å². The molecule has 3 rings (SSSR count). The highest BCUT2D eigenvalue weighted by molar-refractivity contribution is 6.56. The molecule has 0 spiro atoms. The van der Waals surface area contributed by atoms with Crippen molar-refractivity contribution in [2.75, 3.05) is 0 Å². The van der Waals surface area contributed by atoms with Crippen molar-refractivity contribution >= 4 is 19.3 Å². The van der Waals surface area contributed by atoms with E-state index in [-0.39, 0.29) is 35.5 Å².